The standard InChI is InChI=1S/C17H21NO5/c1-12-10-14(8-9-22-12)15(16(19)21-2)18-17(20)23-11-13-6-4-3-5-7-13/h3-7,12H,8-11H2,1-2H3,(H,18,20)/b15-14-/t12-/m1/s1. The zero-order valence-electron chi connectivity index (χ0n) is 13.3. The normalized spacial score (nSPS) is 19.7. The molecule has 0 unspecified atom stereocenters. The van der Waals surface area contributed by atoms with Crippen LogP contribution in [0.4, 0.5) is 4.79 Å². The van der Waals surface area contributed by atoms with E-state index in [0.717, 1.165) is 11.1 Å². The lowest BCUT2D eigenvalue weighted by molar-refractivity contribution is -0.136. The van der Waals surface area contributed by atoms with Crippen LogP contribution in [-0.2, 0) is 25.6 Å². The molecular weight excluding hydrogens is 298 g/mol. The van der Waals surface area contributed by atoms with Crippen LogP contribution >= 0.6 is 0 Å². The van der Waals surface area contributed by atoms with Crippen LogP contribution < -0.4 is 5.32 Å². The molecule has 124 valence electrons. The maximum Gasteiger partial charge on any atom is 0.412 e. The van der Waals surface area contributed by atoms with Crippen molar-refractivity contribution in [2.75, 3.05) is 13.7 Å². The second kappa shape index (κ2) is 8.33. The fourth-order valence-electron chi connectivity index (χ4n) is 2.37. The summed E-state index contributed by atoms with van der Waals surface area (Å²) in [5.74, 6) is -0.578. The molecule has 6 heteroatoms. The Morgan fingerprint density at radius 3 is 2.70 bits per heavy atom. The number of nitrogens with one attached hydrogen (secondary N) is 1. The molecule has 1 amide bonds. The highest BCUT2D eigenvalue weighted by atomic mass is 16.6. The van der Waals surface area contributed by atoms with Crippen molar-refractivity contribution in [1.82, 2.24) is 5.32 Å². The van der Waals surface area contributed by atoms with E-state index in [9.17, 15) is 9.59 Å². The minimum absolute atomic E-state index is 0.000505. The number of esters is 1. The van der Waals surface area contributed by atoms with Gasteiger partial charge < -0.3 is 14.2 Å². The first kappa shape index (κ1) is 17.0. The third kappa shape index (κ3) is 5.10. The summed E-state index contributed by atoms with van der Waals surface area (Å²) in [6.45, 7) is 2.56. The van der Waals surface area contributed by atoms with Crippen molar-refractivity contribution in [3.05, 3.63) is 47.2 Å². The molecule has 0 radical (unpaired) electrons. The Hall–Kier alpha value is -2.34. The van der Waals surface area contributed by atoms with Crippen molar-refractivity contribution >= 4 is 12.1 Å². The predicted molar refractivity (Wildman–Crippen MR) is 83.5 cm³/mol. The predicted octanol–water partition coefficient (Wildman–Crippen LogP) is 2.54. The lowest BCUT2D eigenvalue weighted by Crippen LogP contribution is -2.32. The molecule has 1 aromatic rings. The Kier molecular flexibility index (Phi) is 6.17. The molecule has 1 fully saturated rings. The molecule has 0 bridgehead atoms. The van der Waals surface area contributed by atoms with Gasteiger partial charge in [-0.2, -0.15) is 0 Å². The van der Waals surface area contributed by atoms with Crippen molar-refractivity contribution in [1.29, 1.82) is 0 Å². The molecule has 1 atom stereocenters. The average Bonchev–Trinajstić information content (AvgIpc) is 2.58. The van der Waals surface area contributed by atoms with E-state index in [4.69, 9.17) is 14.2 Å². The second-order valence-electron chi connectivity index (χ2n) is 5.29. The van der Waals surface area contributed by atoms with Gasteiger partial charge in [0.2, 0.25) is 0 Å². The highest BCUT2D eigenvalue weighted by molar-refractivity contribution is 5.93. The van der Waals surface area contributed by atoms with Crippen LogP contribution in [0.25, 0.3) is 0 Å². The molecule has 1 saturated heterocycles. The summed E-state index contributed by atoms with van der Waals surface area (Å²) in [6.07, 6.45) is 0.471. The Labute approximate surface area is 135 Å². The van der Waals surface area contributed by atoms with Gasteiger partial charge in [-0.25, -0.2) is 9.59 Å². The summed E-state index contributed by atoms with van der Waals surface area (Å²) < 4.78 is 15.4. The molecular formula is C17H21NO5. The first-order chi connectivity index (χ1) is 11.1. The van der Waals surface area contributed by atoms with Crippen LogP contribution in [0.2, 0.25) is 0 Å². The highest BCUT2D eigenvalue weighted by Gasteiger charge is 2.23. The van der Waals surface area contributed by atoms with E-state index >= 15 is 0 Å². The summed E-state index contributed by atoms with van der Waals surface area (Å²) in [5.41, 5.74) is 1.84. The van der Waals surface area contributed by atoms with Gasteiger partial charge in [0.05, 0.1) is 19.8 Å². The number of alkyl carbamates (subject to hydrolysis) is 1. The quantitative estimate of drug-likeness (QED) is 0.682. The maximum absolute atomic E-state index is 12.0. The van der Waals surface area contributed by atoms with Crippen molar-refractivity contribution in [2.24, 2.45) is 0 Å². The third-order valence-corrected chi connectivity index (χ3v) is 3.52. The molecule has 6 nitrogen and oxygen atoms in total. The Morgan fingerprint density at radius 2 is 2.04 bits per heavy atom. The van der Waals surface area contributed by atoms with E-state index in [1.165, 1.54) is 7.11 Å². The molecule has 1 aliphatic rings. The van der Waals surface area contributed by atoms with Gasteiger partial charge in [-0.15, -0.1) is 0 Å². The van der Waals surface area contributed by atoms with Gasteiger partial charge in [-0.1, -0.05) is 30.3 Å². The van der Waals surface area contributed by atoms with E-state index in [1.54, 1.807) is 0 Å². The molecule has 1 aromatic carbocycles. The van der Waals surface area contributed by atoms with E-state index in [0.29, 0.717) is 19.4 Å². The Bertz CT molecular complexity index is 582. The smallest absolute Gasteiger partial charge is 0.412 e. The van der Waals surface area contributed by atoms with Crippen LogP contribution in [0.15, 0.2) is 41.6 Å². The van der Waals surface area contributed by atoms with Gasteiger partial charge in [0, 0.05) is 0 Å². The molecule has 2 rings (SSSR count). The first-order valence-corrected chi connectivity index (χ1v) is 7.49. The van der Waals surface area contributed by atoms with E-state index < -0.39 is 12.1 Å². The van der Waals surface area contributed by atoms with Crippen LogP contribution in [0, 0.1) is 0 Å². The average molecular weight is 319 g/mol. The summed E-state index contributed by atoms with van der Waals surface area (Å²) in [5, 5.41) is 2.52. The van der Waals surface area contributed by atoms with Gasteiger partial charge >= 0.3 is 12.1 Å². The fourth-order valence-corrected chi connectivity index (χ4v) is 2.37. The zero-order chi connectivity index (χ0) is 16.7. The Balaban J connectivity index is 2.01. The number of carbonyl (C=O) groups excluding carboxylic acids is 2. The molecule has 1 N–H and O–H groups in total. The number of carbonyl (C=O) groups is 2. The Morgan fingerprint density at radius 1 is 1.30 bits per heavy atom. The molecule has 0 spiro atoms. The number of benzene rings is 1. The monoisotopic (exact) mass is 319 g/mol. The second-order valence-corrected chi connectivity index (χ2v) is 5.29. The number of rotatable bonds is 4. The van der Waals surface area contributed by atoms with Crippen molar-refractivity contribution in [3.63, 3.8) is 0 Å². The van der Waals surface area contributed by atoms with E-state index in [2.05, 4.69) is 5.32 Å². The summed E-state index contributed by atoms with van der Waals surface area (Å²) in [7, 11) is 1.28. The van der Waals surface area contributed by atoms with Gasteiger partial charge in [-0.05, 0) is 30.9 Å². The molecule has 0 saturated carbocycles. The molecule has 23 heavy (non-hydrogen) atoms. The van der Waals surface area contributed by atoms with Crippen LogP contribution in [0.1, 0.15) is 25.3 Å². The van der Waals surface area contributed by atoms with Gasteiger partial charge in [0.25, 0.3) is 0 Å². The zero-order valence-corrected chi connectivity index (χ0v) is 13.3. The minimum atomic E-state index is -0.680. The van der Waals surface area contributed by atoms with Gasteiger partial charge in [-0.3, -0.25) is 5.32 Å². The first-order valence-electron chi connectivity index (χ1n) is 7.49. The van der Waals surface area contributed by atoms with Crippen LogP contribution in [0.3, 0.4) is 0 Å². The van der Waals surface area contributed by atoms with Crippen LogP contribution in [-0.4, -0.2) is 31.9 Å². The highest BCUT2D eigenvalue weighted by Crippen LogP contribution is 2.22. The largest absolute Gasteiger partial charge is 0.464 e. The maximum atomic E-state index is 12.0. The summed E-state index contributed by atoms with van der Waals surface area (Å²) in [6, 6.07) is 9.32. The SMILES string of the molecule is COC(=O)/C(NC(=O)OCc1ccccc1)=C1\CCO[C@H](C)C1. The van der Waals surface area contributed by atoms with Gasteiger partial charge in [0.1, 0.15) is 12.3 Å². The van der Waals surface area contributed by atoms with Crippen molar-refractivity contribution in [2.45, 2.75) is 32.5 Å². The fraction of sp³-hybridized carbons (Fsp3) is 0.412. The summed E-state index contributed by atoms with van der Waals surface area (Å²) >= 11 is 0. The number of ether oxygens (including phenoxy) is 3. The minimum Gasteiger partial charge on any atom is -0.464 e. The summed E-state index contributed by atoms with van der Waals surface area (Å²) in [4.78, 5) is 23.9. The number of hydrogen-bond donors (Lipinski definition) is 1. The molecule has 1 aliphatic heterocycles. The topological polar surface area (TPSA) is 73.9 Å². The van der Waals surface area contributed by atoms with Crippen molar-refractivity contribution in [3.8, 4) is 0 Å². The third-order valence-electron chi connectivity index (χ3n) is 3.52. The molecule has 0 aliphatic carbocycles. The molecule has 0 aromatic heterocycles. The lowest BCUT2D eigenvalue weighted by atomic mass is 10.0. The lowest BCUT2D eigenvalue weighted by Gasteiger charge is -2.23. The molecule has 1 heterocycles. The number of amides is 1. The van der Waals surface area contributed by atoms with E-state index in [1.807, 2.05) is 37.3 Å². The van der Waals surface area contributed by atoms with Crippen molar-refractivity contribution < 1.29 is 23.8 Å². The van der Waals surface area contributed by atoms with E-state index in [-0.39, 0.29) is 18.4 Å². The van der Waals surface area contributed by atoms with Gasteiger partial charge in [0.15, 0.2) is 0 Å². The number of methoxy groups -OCH3 is 1. The number of hydrogen-bond acceptors (Lipinski definition) is 5. The van der Waals surface area contributed by atoms with Crippen LogP contribution in [0.5, 0.6) is 0 Å².